The number of aliphatic hydroxyl groups excluding tert-OH is 1. The summed E-state index contributed by atoms with van der Waals surface area (Å²) in [5.74, 6) is 5.36. The topological polar surface area (TPSA) is 95.7 Å². The SMILES string of the molecule is Cc1cc(NN)cc(C)c1S(=O)(=O)N1CCCC(O)C1. The molecule has 1 aromatic carbocycles. The molecular weight excluding hydrogens is 278 g/mol. The Morgan fingerprint density at radius 2 is 1.95 bits per heavy atom. The first kappa shape index (κ1) is 15.2. The first-order valence-corrected chi connectivity index (χ1v) is 8.06. The summed E-state index contributed by atoms with van der Waals surface area (Å²) >= 11 is 0. The fourth-order valence-corrected chi connectivity index (χ4v) is 4.64. The van der Waals surface area contributed by atoms with Gasteiger partial charge in [-0.15, -0.1) is 0 Å². The second-order valence-corrected chi connectivity index (χ2v) is 7.12. The van der Waals surface area contributed by atoms with Crippen molar-refractivity contribution in [3.05, 3.63) is 23.3 Å². The Morgan fingerprint density at radius 1 is 1.35 bits per heavy atom. The number of nitrogens with one attached hydrogen (secondary N) is 1. The van der Waals surface area contributed by atoms with E-state index in [0.29, 0.717) is 41.1 Å². The lowest BCUT2D eigenvalue weighted by molar-refractivity contribution is 0.108. The summed E-state index contributed by atoms with van der Waals surface area (Å²) in [5.41, 5.74) is 4.51. The van der Waals surface area contributed by atoms with Crippen LogP contribution in [0.2, 0.25) is 0 Å². The first-order chi connectivity index (χ1) is 9.36. The van der Waals surface area contributed by atoms with E-state index < -0.39 is 16.1 Å². The number of benzene rings is 1. The Bertz CT molecular complexity index is 578. The van der Waals surface area contributed by atoms with Crippen LogP contribution in [-0.4, -0.2) is 37.0 Å². The molecule has 7 heteroatoms. The number of hydrogen-bond acceptors (Lipinski definition) is 5. The van der Waals surface area contributed by atoms with Crippen molar-refractivity contribution in [3.63, 3.8) is 0 Å². The van der Waals surface area contributed by atoms with Crippen LogP contribution in [0.3, 0.4) is 0 Å². The fourth-order valence-electron chi connectivity index (χ4n) is 2.71. The number of rotatable bonds is 3. The number of aryl methyl sites for hydroxylation is 2. The van der Waals surface area contributed by atoms with Gasteiger partial charge in [0.15, 0.2) is 0 Å². The van der Waals surface area contributed by atoms with Gasteiger partial charge in [0.1, 0.15) is 0 Å². The highest BCUT2D eigenvalue weighted by Crippen LogP contribution is 2.28. The monoisotopic (exact) mass is 299 g/mol. The van der Waals surface area contributed by atoms with Crippen LogP contribution in [0, 0.1) is 13.8 Å². The third kappa shape index (κ3) is 2.80. The molecule has 20 heavy (non-hydrogen) atoms. The number of hydrazine groups is 1. The third-order valence-electron chi connectivity index (χ3n) is 3.58. The minimum absolute atomic E-state index is 0.165. The molecule has 0 aliphatic carbocycles. The van der Waals surface area contributed by atoms with Crippen molar-refractivity contribution in [1.29, 1.82) is 0 Å². The van der Waals surface area contributed by atoms with E-state index in [9.17, 15) is 13.5 Å². The zero-order chi connectivity index (χ0) is 14.9. The van der Waals surface area contributed by atoms with E-state index in [1.54, 1.807) is 26.0 Å². The van der Waals surface area contributed by atoms with Crippen LogP contribution >= 0.6 is 0 Å². The second-order valence-electron chi connectivity index (χ2n) is 5.24. The van der Waals surface area contributed by atoms with Gasteiger partial charge in [0, 0.05) is 18.8 Å². The van der Waals surface area contributed by atoms with Gasteiger partial charge in [0.05, 0.1) is 11.0 Å². The van der Waals surface area contributed by atoms with Crippen LogP contribution < -0.4 is 11.3 Å². The average Bonchev–Trinajstić information content (AvgIpc) is 2.37. The van der Waals surface area contributed by atoms with E-state index in [1.165, 1.54) is 4.31 Å². The minimum atomic E-state index is -3.58. The normalized spacial score (nSPS) is 20.9. The van der Waals surface area contributed by atoms with Crippen LogP contribution in [0.1, 0.15) is 24.0 Å². The molecule has 1 fully saturated rings. The lowest BCUT2D eigenvalue weighted by atomic mass is 10.1. The van der Waals surface area contributed by atoms with Crippen LogP contribution in [0.25, 0.3) is 0 Å². The van der Waals surface area contributed by atoms with Crippen molar-refractivity contribution < 1.29 is 13.5 Å². The molecule has 112 valence electrons. The Hall–Kier alpha value is -1.15. The van der Waals surface area contributed by atoms with Crippen LogP contribution in [0.15, 0.2) is 17.0 Å². The van der Waals surface area contributed by atoms with Gasteiger partial charge in [-0.25, -0.2) is 8.42 Å². The molecule has 0 bridgehead atoms. The molecular formula is C13H21N3O3S. The molecule has 6 nitrogen and oxygen atoms in total. The summed E-state index contributed by atoms with van der Waals surface area (Å²) in [6.07, 6.45) is 0.755. The number of piperidine rings is 1. The Morgan fingerprint density at radius 3 is 2.45 bits per heavy atom. The van der Waals surface area contributed by atoms with Crippen molar-refractivity contribution in [2.24, 2.45) is 5.84 Å². The molecule has 1 unspecified atom stereocenters. The molecule has 0 spiro atoms. The van der Waals surface area contributed by atoms with Crippen molar-refractivity contribution in [2.75, 3.05) is 18.5 Å². The van der Waals surface area contributed by atoms with Gasteiger partial charge in [-0.05, 0) is 49.9 Å². The molecule has 1 aliphatic rings. The average molecular weight is 299 g/mol. The van der Waals surface area contributed by atoms with E-state index in [4.69, 9.17) is 5.84 Å². The quantitative estimate of drug-likeness (QED) is 0.565. The predicted octanol–water partition coefficient (Wildman–Crippen LogP) is 0.734. The summed E-state index contributed by atoms with van der Waals surface area (Å²) in [5, 5.41) is 9.68. The molecule has 0 radical (unpaired) electrons. The third-order valence-corrected chi connectivity index (χ3v) is 5.76. The van der Waals surface area contributed by atoms with E-state index in [2.05, 4.69) is 5.43 Å². The van der Waals surface area contributed by atoms with Crippen LogP contribution in [0.5, 0.6) is 0 Å². The summed E-state index contributed by atoms with van der Waals surface area (Å²) in [6, 6.07) is 3.42. The highest BCUT2D eigenvalue weighted by molar-refractivity contribution is 7.89. The molecule has 1 aromatic rings. The van der Waals surface area contributed by atoms with E-state index in [0.717, 1.165) is 0 Å². The number of aliphatic hydroxyl groups is 1. The van der Waals surface area contributed by atoms with Gasteiger partial charge in [-0.1, -0.05) is 0 Å². The summed E-state index contributed by atoms with van der Waals surface area (Å²) < 4.78 is 26.8. The molecule has 0 saturated carbocycles. The summed E-state index contributed by atoms with van der Waals surface area (Å²) in [6.45, 7) is 4.12. The van der Waals surface area contributed by atoms with Crippen molar-refractivity contribution in [2.45, 2.75) is 37.7 Å². The zero-order valence-corrected chi connectivity index (χ0v) is 12.6. The van der Waals surface area contributed by atoms with E-state index >= 15 is 0 Å². The molecule has 1 heterocycles. The molecule has 2 rings (SSSR count). The van der Waals surface area contributed by atoms with Gasteiger partial charge in [-0.3, -0.25) is 5.84 Å². The van der Waals surface area contributed by atoms with Crippen molar-refractivity contribution >= 4 is 15.7 Å². The number of hydrogen-bond donors (Lipinski definition) is 3. The van der Waals surface area contributed by atoms with E-state index in [1.807, 2.05) is 0 Å². The van der Waals surface area contributed by atoms with Crippen molar-refractivity contribution in [3.8, 4) is 0 Å². The standard InChI is InChI=1S/C13H21N3O3S/c1-9-6-11(15-14)7-10(2)13(9)20(18,19)16-5-3-4-12(17)8-16/h6-7,12,15,17H,3-5,8,14H2,1-2H3. The zero-order valence-electron chi connectivity index (χ0n) is 11.8. The highest BCUT2D eigenvalue weighted by Gasteiger charge is 2.31. The molecule has 0 aromatic heterocycles. The predicted molar refractivity (Wildman–Crippen MR) is 77.7 cm³/mol. The highest BCUT2D eigenvalue weighted by atomic mass is 32.2. The number of nitrogens with two attached hydrogens (primary N) is 1. The van der Waals surface area contributed by atoms with Crippen LogP contribution in [-0.2, 0) is 10.0 Å². The Kier molecular flexibility index (Phi) is 4.33. The molecule has 1 atom stereocenters. The van der Waals surface area contributed by atoms with Gasteiger partial charge in [-0.2, -0.15) is 4.31 Å². The number of β-amino-alcohol motifs (C(OH)–C–C–N with tert-alkyl or cyclic N) is 1. The van der Waals surface area contributed by atoms with E-state index in [-0.39, 0.29) is 6.54 Å². The smallest absolute Gasteiger partial charge is 0.243 e. The first-order valence-electron chi connectivity index (χ1n) is 6.62. The van der Waals surface area contributed by atoms with Gasteiger partial charge < -0.3 is 10.5 Å². The summed E-state index contributed by atoms with van der Waals surface area (Å²) in [4.78, 5) is 0.311. The number of nitrogen functional groups attached to an aromatic ring is 1. The fraction of sp³-hybridized carbons (Fsp3) is 0.538. The maximum Gasteiger partial charge on any atom is 0.243 e. The summed E-state index contributed by atoms with van der Waals surface area (Å²) in [7, 11) is -3.58. The molecule has 1 aliphatic heterocycles. The van der Waals surface area contributed by atoms with Gasteiger partial charge in [0.25, 0.3) is 0 Å². The maximum absolute atomic E-state index is 12.7. The molecule has 0 amide bonds. The lowest BCUT2D eigenvalue weighted by Crippen LogP contribution is -2.42. The maximum atomic E-state index is 12.7. The number of sulfonamides is 1. The minimum Gasteiger partial charge on any atom is -0.392 e. The van der Waals surface area contributed by atoms with Gasteiger partial charge in [0.2, 0.25) is 10.0 Å². The number of nitrogens with zero attached hydrogens (tertiary/aromatic N) is 1. The second kappa shape index (κ2) is 5.69. The van der Waals surface area contributed by atoms with Gasteiger partial charge >= 0.3 is 0 Å². The Labute approximate surface area is 119 Å². The Balaban J connectivity index is 2.44. The molecule has 4 N–H and O–H groups in total. The number of anilines is 1. The largest absolute Gasteiger partial charge is 0.392 e. The van der Waals surface area contributed by atoms with Crippen molar-refractivity contribution in [1.82, 2.24) is 4.31 Å². The lowest BCUT2D eigenvalue weighted by Gasteiger charge is -2.30. The van der Waals surface area contributed by atoms with Crippen LogP contribution in [0.4, 0.5) is 5.69 Å². The molecule has 1 saturated heterocycles.